The molecule has 3 nitrogen and oxygen atoms in total. The van der Waals surface area contributed by atoms with Crippen LogP contribution in [0.25, 0.3) is 22.7 Å². The molecule has 2 heterocycles. The highest BCUT2D eigenvalue weighted by molar-refractivity contribution is 7.17. The summed E-state index contributed by atoms with van der Waals surface area (Å²) in [5.74, 6) is 0.577. The van der Waals surface area contributed by atoms with E-state index in [2.05, 4.69) is 16.0 Å². The van der Waals surface area contributed by atoms with Crippen molar-refractivity contribution in [3.63, 3.8) is 0 Å². The Bertz CT molecular complexity index is 774. The summed E-state index contributed by atoms with van der Waals surface area (Å²) in [7, 11) is 0. The Hall–Kier alpha value is -2.09. The van der Waals surface area contributed by atoms with Crippen molar-refractivity contribution in [1.82, 2.24) is 9.97 Å². The topological polar surface area (TPSA) is 52.5 Å². The van der Waals surface area contributed by atoms with Gasteiger partial charge in [-0.2, -0.15) is 5.26 Å². The maximum atomic E-state index is 9.27. The molecule has 0 bridgehead atoms. The number of thiophene rings is 1. The molecule has 1 N–H and O–H groups in total. The molecule has 5 heteroatoms. The van der Waals surface area contributed by atoms with Crippen LogP contribution in [0.5, 0.6) is 0 Å². The highest BCUT2D eigenvalue weighted by atomic mass is 35.5. The first-order valence-corrected chi connectivity index (χ1v) is 6.78. The minimum atomic E-state index is 0.495. The monoisotopic (exact) mass is 285 g/mol. The van der Waals surface area contributed by atoms with Crippen LogP contribution in [0.3, 0.4) is 0 Å². The fourth-order valence-electron chi connectivity index (χ4n) is 1.78. The van der Waals surface area contributed by atoms with Gasteiger partial charge in [-0.3, -0.25) is 0 Å². The zero-order valence-electron chi connectivity index (χ0n) is 9.72. The molecule has 3 aromatic rings. The normalized spacial score (nSPS) is 11.7. The Morgan fingerprint density at radius 1 is 1.32 bits per heavy atom. The number of rotatable bonds is 2. The number of aromatic nitrogens is 2. The number of fused-ring (bicyclic) bond motifs is 1. The van der Waals surface area contributed by atoms with Crippen molar-refractivity contribution in [2.24, 2.45) is 0 Å². The van der Waals surface area contributed by atoms with E-state index < -0.39 is 0 Å². The number of halogens is 1. The number of hydrogen-bond acceptors (Lipinski definition) is 3. The number of nitriles is 1. The number of aromatic amines is 1. The van der Waals surface area contributed by atoms with Crippen LogP contribution in [0, 0.1) is 11.3 Å². The second-order valence-electron chi connectivity index (χ2n) is 3.91. The molecule has 0 fully saturated rings. The summed E-state index contributed by atoms with van der Waals surface area (Å²) in [4.78, 5) is 8.49. The maximum absolute atomic E-state index is 9.27. The number of nitrogens with one attached hydrogen (secondary N) is 1. The van der Waals surface area contributed by atoms with Crippen molar-refractivity contribution < 1.29 is 0 Å². The van der Waals surface area contributed by atoms with E-state index in [-0.39, 0.29) is 0 Å². The molecular formula is C14H8ClN3S. The Morgan fingerprint density at radius 3 is 2.84 bits per heavy atom. The fraction of sp³-hybridized carbons (Fsp3) is 0. The lowest BCUT2D eigenvalue weighted by Gasteiger charge is -1.91. The predicted octanol–water partition coefficient (Wildman–Crippen LogP) is 4.34. The Balaban J connectivity index is 2.07. The summed E-state index contributed by atoms with van der Waals surface area (Å²) in [5.41, 5.74) is 2.26. The van der Waals surface area contributed by atoms with Gasteiger partial charge < -0.3 is 4.98 Å². The molecule has 0 atom stereocenters. The summed E-state index contributed by atoms with van der Waals surface area (Å²) in [6.07, 6.45) is 1.79. The van der Waals surface area contributed by atoms with Crippen LogP contribution in [0.4, 0.5) is 0 Å². The fourth-order valence-corrected chi connectivity index (χ4v) is 2.79. The van der Waals surface area contributed by atoms with Crippen LogP contribution in [0.2, 0.25) is 4.34 Å². The van der Waals surface area contributed by atoms with E-state index >= 15 is 0 Å². The third-order valence-electron chi connectivity index (χ3n) is 2.65. The van der Waals surface area contributed by atoms with Crippen LogP contribution >= 0.6 is 22.9 Å². The lowest BCUT2D eigenvalue weighted by atomic mass is 10.2. The largest absolute Gasteiger partial charge is 0.337 e. The van der Waals surface area contributed by atoms with Gasteiger partial charge in [0.25, 0.3) is 0 Å². The Labute approximate surface area is 118 Å². The highest BCUT2D eigenvalue weighted by Crippen LogP contribution is 2.26. The molecular weight excluding hydrogens is 278 g/mol. The highest BCUT2D eigenvalue weighted by Gasteiger charge is 2.08. The minimum Gasteiger partial charge on any atom is -0.337 e. The SMILES string of the molecule is N#C/C(=C\c1ccc(Cl)s1)c1nc2ccccc2[nH]1. The van der Waals surface area contributed by atoms with Crippen LogP contribution in [0.1, 0.15) is 10.7 Å². The summed E-state index contributed by atoms with van der Waals surface area (Å²) in [5, 5.41) is 9.27. The first-order valence-electron chi connectivity index (χ1n) is 5.58. The molecule has 0 aliphatic carbocycles. The Morgan fingerprint density at radius 2 is 2.16 bits per heavy atom. The first kappa shape index (κ1) is 12.0. The van der Waals surface area contributed by atoms with Gasteiger partial charge in [0.2, 0.25) is 0 Å². The van der Waals surface area contributed by atoms with Gasteiger partial charge in [-0.1, -0.05) is 23.7 Å². The van der Waals surface area contributed by atoms with Crippen molar-refractivity contribution in [1.29, 1.82) is 5.26 Å². The van der Waals surface area contributed by atoms with Gasteiger partial charge in [-0.05, 0) is 30.3 Å². The molecule has 19 heavy (non-hydrogen) atoms. The number of para-hydroxylation sites is 2. The molecule has 2 aromatic heterocycles. The maximum Gasteiger partial charge on any atom is 0.149 e. The zero-order chi connectivity index (χ0) is 13.2. The van der Waals surface area contributed by atoms with E-state index in [4.69, 9.17) is 11.6 Å². The average molecular weight is 286 g/mol. The van der Waals surface area contributed by atoms with Gasteiger partial charge in [0, 0.05) is 4.88 Å². The summed E-state index contributed by atoms with van der Waals surface area (Å²) >= 11 is 7.31. The molecule has 1 aromatic carbocycles. The number of hydrogen-bond donors (Lipinski definition) is 1. The third kappa shape index (κ3) is 2.39. The summed E-state index contributed by atoms with van der Waals surface area (Å²) in [6.45, 7) is 0. The summed E-state index contributed by atoms with van der Waals surface area (Å²) < 4.78 is 0.702. The van der Waals surface area contributed by atoms with Crippen molar-refractivity contribution in [3.05, 3.63) is 51.4 Å². The number of nitrogens with zero attached hydrogens (tertiary/aromatic N) is 2. The van der Waals surface area contributed by atoms with Gasteiger partial charge in [-0.15, -0.1) is 11.3 Å². The predicted molar refractivity (Wildman–Crippen MR) is 78.9 cm³/mol. The molecule has 0 radical (unpaired) electrons. The number of allylic oxidation sites excluding steroid dienone is 1. The molecule has 3 rings (SSSR count). The molecule has 0 spiro atoms. The molecule has 0 aliphatic rings. The lowest BCUT2D eigenvalue weighted by molar-refractivity contribution is 1.27. The van der Waals surface area contributed by atoms with Crippen molar-refractivity contribution in [2.75, 3.05) is 0 Å². The quantitative estimate of drug-likeness (QED) is 0.712. The van der Waals surface area contributed by atoms with Gasteiger partial charge in [0.15, 0.2) is 0 Å². The lowest BCUT2D eigenvalue weighted by Crippen LogP contribution is -1.83. The number of imidazole rings is 1. The average Bonchev–Trinajstić information content (AvgIpc) is 3.01. The van der Waals surface area contributed by atoms with Gasteiger partial charge >= 0.3 is 0 Å². The van der Waals surface area contributed by atoms with Crippen LogP contribution in [-0.2, 0) is 0 Å². The molecule has 0 saturated heterocycles. The van der Waals surface area contributed by atoms with Gasteiger partial charge in [0.1, 0.15) is 11.9 Å². The summed E-state index contributed by atoms with van der Waals surface area (Å²) in [6, 6.07) is 13.6. The van der Waals surface area contributed by atoms with Crippen LogP contribution < -0.4 is 0 Å². The Kier molecular flexibility index (Phi) is 3.08. The zero-order valence-corrected chi connectivity index (χ0v) is 11.3. The second-order valence-corrected chi connectivity index (χ2v) is 5.66. The van der Waals surface area contributed by atoms with Crippen molar-refractivity contribution in [3.8, 4) is 6.07 Å². The smallest absolute Gasteiger partial charge is 0.149 e. The molecule has 92 valence electrons. The van der Waals surface area contributed by atoms with E-state index in [1.807, 2.05) is 36.4 Å². The molecule has 0 unspecified atom stereocenters. The molecule has 0 aliphatic heterocycles. The van der Waals surface area contributed by atoms with Crippen LogP contribution in [-0.4, -0.2) is 9.97 Å². The van der Waals surface area contributed by atoms with Crippen molar-refractivity contribution in [2.45, 2.75) is 0 Å². The number of benzene rings is 1. The standard InChI is InChI=1S/C14H8ClN3S/c15-13-6-5-10(19-13)7-9(8-16)14-17-11-3-1-2-4-12(11)18-14/h1-7H,(H,17,18)/b9-7+. The van der Waals surface area contributed by atoms with Gasteiger partial charge in [0.05, 0.1) is 20.9 Å². The van der Waals surface area contributed by atoms with Crippen molar-refractivity contribution >= 4 is 45.6 Å². The second kappa shape index (κ2) is 4.88. The molecule has 0 amide bonds. The van der Waals surface area contributed by atoms with E-state index in [1.54, 1.807) is 6.08 Å². The third-order valence-corrected chi connectivity index (χ3v) is 3.82. The van der Waals surface area contributed by atoms with Crippen LogP contribution in [0.15, 0.2) is 36.4 Å². The van der Waals surface area contributed by atoms with E-state index in [9.17, 15) is 5.26 Å². The van der Waals surface area contributed by atoms with E-state index in [1.165, 1.54) is 11.3 Å². The minimum absolute atomic E-state index is 0.495. The van der Waals surface area contributed by atoms with E-state index in [0.29, 0.717) is 15.7 Å². The van der Waals surface area contributed by atoms with Gasteiger partial charge in [-0.25, -0.2) is 4.98 Å². The number of H-pyrrole nitrogens is 1. The molecule has 0 saturated carbocycles. The first-order chi connectivity index (χ1) is 9.26. The van der Waals surface area contributed by atoms with E-state index in [0.717, 1.165) is 15.9 Å².